The first kappa shape index (κ1) is 14.1. The molecule has 4 rings (SSSR count). The zero-order valence-electron chi connectivity index (χ0n) is 12.2. The number of H-pyrrole nitrogens is 1. The number of aromatic amines is 1. The van der Waals surface area contributed by atoms with Crippen molar-refractivity contribution in [3.63, 3.8) is 0 Å². The van der Waals surface area contributed by atoms with Crippen LogP contribution in [0.4, 0.5) is 0 Å². The highest BCUT2D eigenvalue weighted by Gasteiger charge is 2.27. The van der Waals surface area contributed by atoms with Crippen LogP contribution in [0.3, 0.4) is 0 Å². The highest BCUT2D eigenvalue weighted by Crippen LogP contribution is 2.31. The number of imidazole rings is 1. The van der Waals surface area contributed by atoms with Crippen LogP contribution in [-0.2, 0) is 4.79 Å². The van der Waals surface area contributed by atoms with Gasteiger partial charge in [0.15, 0.2) is 28.5 Å². The lowest BCUT2D eigenvalue weighted by atomic mass is 10.2. The fourth-order valence-corrected chi connectivity index (χ4v) is 3.22. The molecule has 5 nitrogen and oxygen atoms in total. The number of nitrogens with one attached hydrogen (secondary N) is 1. The predicted molar refractivity (Wildman–Crippen MR) is 88.2 cm³/mol. The second-order valence-electron chi connectivity index (χ2n) is 5.18. The van der Waals surface area contributed by atoms with Crippen LogP contribution in [0.25, 0.3) is 11.0 Å². The van der Waals surface area contributed by atoms with E-state index < -0.39 is 6.10 Å². The Morgan fingerprint density at radius 3 is 2.83 bits per heavy atom. The van der Waals surface area contributed by atoms with E-state index in [1.54, 1.807) is 6.07 Å². The van der Waals surface area contributed by atoms with Crippen molar-refractivity contribution in [2.45, 2.75) is 11.3 Å². The molecule has 1 aliphatic rings. The van der Waals surface area contributed by atoms with Crippen molar-refractivity contribution in [3.8, 4) is 11.5 Å². The number of hydrogen-bond acceptors (Lipinski definition) is 5. The molecular weight excluding hydrogens is 312 g/mol. The molecule has 1 N–H and O–H groups in total. The number of thioether (sulfide) groups is 1. The quantitative estimate of drug-likeness (QED) is 0.747. The second-order valence-corrected chi connectivity index (χ2v) is 6.14. The van der Waals surface area contributed by atoms with Crippen molar-refractivity contribution in [2.75, 3.05) is 12.4 Å². The molecule has 0 saturated carbocycles. The molecular formula is C17H14N2O3S. The van der Waals surface area contributed by atoms with Crippen LogP contribution < -0.4 is 9.47 Å². The number of nitrogens with zero attached hydrogens (tertiary/aromatic N) is 1. The van der Waals surface area contributed by atoms with Gasteiger partial charge in [-0.3, -0.25) is 4.79 Å². The summed E-state index contributed by atoms with van der Waals surface area (Å²) >= 11 is 1.38. The van der Waals surface area contributed by atoms with Crippen molar-refractivity contribution in [3.05, 3.63) is 48.5 Å². The Labute approximate surface area is 137 Å². The number of Topliss-reactive ketones (excluding diaryl/α,β-unsaturated/α-hetero) is 1. The van der Waals surface area contributed by atoms with E-state index in [1.165, 1.54) is 11.8 Å². The van der Waals surface area contributed by atoms with Gasteiger partial charge in [-0.05, 0) is 24.3 Å². The molecule has 2 aromatic carbocycles. The van der Waals surface area contributed by atoms with Crippen LogP contribution in [0.15, 0.2) is 53.7 Å². The average Bonchev–Trinajstić information content (AvgIpc) is 3.02. The smallest absolute Gasteiger partial charge is 0.191 e. The van der Waals surface area contributed by atoms with E-state index >= 15 is 0 Å². The van der Waals surface area contributed by atoms with Crippen LogP contribution in [-0.4, -0.2) is 34.2 Å². The maximum atomic E-state index is 12.3. The van der Waals surface area contributed by atoms with Gasteiger partial charge in [0.1, 0.15) is 6.61 Å². The Morgan fingerprint density at radius 1 is 1.17 bits per heavy atom. The SMILES string of the molecule is O=C(CSc1nc2ccccc2[nH]1)C1COc2ccccc2O1. The molecule has 0 amide bonds. The highest BCUT2D eigenvalue weighted by molar-refractivity contribution is 7.99. The molecule has 1 aromatic heterocycles. The van der Waals surface area contributed by atoms with Crippen molar-refractivity contribution in [1.82, 2.24) is 9.97 Å². The van der Waals surface area contributed by atoms with E-state index in [9.17, 15) is 4.79 Å². The van der Waals surface area contributed by atoms with E-state index in [2.05, 4.69) is 9.97 Å². The minimum absolute atomic E-state index is 0.00930. The monoisotopic (exact) mass is 326 g/mol. The van der Waals surface area contributed by atoms with E-state index in [4.69, 9.17) is 9.47 Å². The number of ether oxygens (including phenoxy) is 2. The number of carbonyl (C=O) groups is 1. The van der Waals surface area contributed by atoms with Gasteiger partial charge in [-0.2, -0.15) is 0 Å². The van der Waals surface area contributed by atoms with Crippen molar-refractivity contribution in [1.29, 1.82) is 0 Å². The van der Waals surface area contributed by atoms with Gasteiger partial charge < -0.3 is 14.5 Å². The van der Waals surface area contributed by atoms with Crippen molar-refractivity contribution >= 4 is 28.6 Å². The third kappa shape index (κ3) is 2.90. The summed E-state index contributed by atoms with van der Waals surface area (Å²) in [5.41, 5.74) is 1.86. The number of ketones is 1. The molecule has 1 unspecified atom stereocenters. The minimum Gasteiger partial charge on any atom is -0.485 e. The molecule has 0 spiro atoms. The Hall–Kier alpha value is -2.47. The van der Waals surface area contributed by atoms with E-state index in [1.807, 2.05) is 42.5 Å². The summed E-state index contributed by atoms with van der Waals surface area (Å²) in [6.45, 7) is 0.247. The third-order valence-electron chi connectivity index (χ3n) is 3.59. The third-order valence-corrected chi connectivity index (χ3v) is 4.48. The summed E-state index contributed by atoms with van der Waals surface area (Å²) in [4.78, 5) is 20.0. The molecule has 116 valence electrons. The Bertz CT molecular complexity index is 829. The first-order valence-electron chi connectivity index (χ1n) is 7.28. The van der Waals surface area contributed by atoms with Crippen LogP contribution in [0.2, 0.25) is 0 Å². The molecule has 0 radical (unpaired) electrons. The minimum atomic E-state index is -0.568. The normalized spacial score (nSPS) is 16.4. The number of benzene rings is 2. The van der Waals surface area contributed by atoms with E-state index in [-0.39, 0.29) is 18.1 Å². The number of hydrogen-bond donors (Lipinski definition) is 1. The zero-order chi connectivity index (χ0) is 15.6. The Balaban J connectivity index is 1.40. The first-order valence-corrected chi connectivity index (χ1v) is 8.27. The van der Waals surface area contributed by atoms with Gasteiger partial charge in [0.25, 0.3) is 0 Å². The van der Waals surface area contributed by atoms with Crippen LogP contribution in [0.5, 0.6) is 11.5 Å². The predicted octanol–water partition coefficient (Wildman–Crippen LogP) is 3.06. The largest absolute Gasteiger partial charge is 0.485 e. The molecule has 0 aliphatic carbocycles. The number of carbonyl (C=O) groups excluding carboxylic acids is 1. The summed E-state index contributed by atoms with van der Waals surface area (Å²) in [5.74, 6) is 1.58. The second kappa shape index (κ2) is 5.96. The number of aromatic nitrogens is 2. The Kier molecular flexibility index (Phi) is 3.67. The summed E-state index contributed by atoms with van der Waals surface area (Å²) in [5, 5.41) is 0.733. The average molecular weight is 326 g/mol. The molecule has 0 saturated heterocycles. The van der Waals surface area contributed by atoms with Crippen LogP contribution in [0, 0.1) is 0 Å². The Morgan fingerprint density at radius 2 is 1.96 bits per heavy atom. The topological polar surface area (TPSA) is 64.2 Å². The fraction of sp³-hybridized carbons (Fsp3) is 0.176. The van der Waals surface area contributed by atoms with Crippen LogP contribution in [0.1, 0.15) is 0 Å². The van der Waals surface area contributed by atoms with E-state index in [0.29, 0.717) is 11.5 Å². The van der Waals surface area contributed by atoms with Crippen LogP contribution >= 0.6 is 11.8 Å². The first-order chi connectivity index (χ1) is 11.3. The number of rotatable bonds is 4. The molecule has 23 heavy (non-hydrogen) atoms. The lowest BCUT2D eigenvalue weighted by Gasteiger charge is -2.25. The molecule has 1 aliphatic heterocycles. The standard InChI is InChI=1S/C17H14N2O3S/c20-13(16-9-21-14-7-3-4-8-15(14)22-16)10-23-17-18-11-5-1-2-6-12(11)19-17/h1-8,16H,9-10H2,(H,18,19). The van der Waals surface area contributed by atoms with Gasteiger partial charge in [0.05, 0.1) is 16.8 Å². The van der Waals surface area contributed by atoms with Gasteiger partial charge in [0, 0.05) is 0 Å². The van der Waals surface area contributed by atoms with Gasteiger partial charge in [-0.1, -0.05) is 36.0 Å². The lowest BCUT2D eigenvalue weighted by molar-refractivity contribution is -0.125. The molecule has 0 bridgehead atoms. The maximum Gasteiger partial charge on any atom is 0.191 e. The molecule has 2 heterocycles. The molecule has 1 atom stereocenters. The molecule has 3 aromatic rings. The summed E-state index contributed by atoms with van der Waals surface area (Å²) in [7, 11) is 0. The molecule has 6 heteroatoms. The zero-order valence-corrected chi connectivity index (χ0v) is 13.0. The highest BCUT2D eigenvalue weighted by atomic mass is 32.2. The van der Waals surface area contributed by atoms with Crippen molar-refractivity contribution < 1.29 is 14.3 Å². The molecule has 0 fully saturated rings. The number of para-hydroxylation sites is 4. The van der Waals surface area contributed by atoms with Crippen molar-refractivity contribution in [2.24, 2.45) is 0 Å². The van der Waals surface area contributed by atoms with Gasteiger partial charge in [0.2, 0.25) is 0 Å². The van der Waals surface area contributed by atoms with Gasteiger partial charge >= 0.3 is 0 Å². The summed E-state index contributed by atoms with van der Waals surface area (Å²) < 4.78 is 11.3. The summed E-state index contributed by atoms with van der Waals surface area (Å²) in [6.07, 6.45) is -0.568. The maximum absolute atomic E-state index is 12.3. The fourth-order valence-electron chi connectivity index (χ4n) is 2.41. The van der Waals surface area contributed by atoms with E-state index in [0.717, 1.165) is 16.2 Å². The summed E-state index contributed by atoms with van der Waals surface area (Å²) in [6, 6.07) is 15.2. The van der Waals surface area contributed by atoms with Gasteiger partial charge in [-0.15, -0.1) is 0 Å². The van der Waals surface area contributed by atoms with Gasteiger partial charge in [-0.25, -0.2) is 4.98 Å². The lowest BCUT2D eigenvalue weighted by Crippen LogP contribution is -2.37. The number of fused-ring (bicyclic) bond motifs is 2.